The zero-order valence-electron chi connectivity index (χ0n) is 18.9. The molecular formula is C26H29N3O4. The third kappa shape index (κ3) is 7.08. The van der Waals surface area contributed by atoms with Gasteiger partial charge >= 0.3 is 0 Å². The molecule has 0 aliphatic heterocycles. The molecule has 0 aliphatic rings. The first-order valence-corrected chi connectivity index (χ1v) is 10.8. The van der Waals surface area contributed by atoms with Gasteiger partial charge in [0, 0.05) is 36.3 Å². The van der Waals surface area contributed by atoms with Crippen molar-refractivity contribution in [3.63, 3.8) is 0 Å². The predicted octanol–water partition coefficient (Wildman–Crippen LogP) is 4.43. The van der Waals surface area contributed by atoms with Gasteiger partial charge in [0.1, 0.15) is 12.4 Å². The maximum Gasteiger partial charge on any atom is 0.258 e. The summed E-state index contributed by atoms with van der Waals surface area (Å²) < 4.78 is 10.5. The summed E-state index contributed by atoms with van der Waals surface area (Å²) in [7, 11) is 1.62. The fraction of sp³-hybridized carbons (Fsp3) is 0.231. The van der Waals surface area contributed by atoms with Crippen molar-refractivity contribution in [3.8, 4) is 5.75 Å². The van der Waals surface area contributed by atoms with E-state index >= 15 is 0 Å². The number of benzene rings is 3. The fourth-order valence-electron chi connectivity index (χ4n) is 3.23. The van der Waals surface area contributed by atoms with Gasteiger partial charge in [0.05, 0.1) is 13.2 Å². The first-order chi connectivity index (χ1) is 16.1. The van der Waals surface area contributed by atoms with Gasteiger partial charge in [-0.25, -0.2) is 0 Å². The second kappa shape index (κ2) is 12.3. The van der Waals surface area contributed by atoms with E-state index in [9.17, 15) is 9.59 Å². The zero-order valence-corrected chi connectivity index (χ0v) is 18.9. The third-order valence-electron chi connectivity index (χ3n) is 4.89. The Morgan fingerprint density at radius 3 is 2.33 bits per heavy atom. The van der Waals surface area contributed by atoms with Crippen LogP contribution in [0.5, 0.6) is 5.75 Å². The van der Waals surface area contributed by atoms with Crippen LogP contribution in [-0.2, 0) is 9.53 Å². The van der Waals surface area contributed by atoms with Crippen LogP contribution in [0, 0.1) is 0 Å². The van der Waals surface area contributed by atoms with Crippen LogP contribution in [0.3, 0.4) is 0 Å². The van der Waals surface area contributed by atoms with E-state index in [0.29, 0.717) is 42.4 Å². The lowest BCUT2D eigenvalue weighted by atomic mass is 10.1. The number of hydrogen-bond acceptors (Lipinski definition) is 5. The van der Waals surface area contributed by atoms with Crippen LogP contribution in [0.1, 0.15) is 17.3 Å². The van der Waals surface area contributed by atoms with Crippen molar-refractivity contribution in [2.24, 2.45) is 0 Å². The van der Waals surface area contributed by atoms with Gasteiger partial charge in [0.15, 0.2) is 0 Å². The minimum absolute atomic E-state index is 0.0694. The Kier molecular flexibility index (Phi) is 8.85. The summed E-state index contributed by atoms with van der Waals surface area (Å²) in [5.41, 5.74) is 2.77. The summed E-state index contributed by atoms with van der Waals surface area (Å²) in [6.45, 7) is 3.55. The number of nitrogens with zero attached hydrogens (tertiary/aromatic N) is 1. The Bertz CT molecular complexity index is 1040. The summed E-state index contributed by atoms with van der Waals surface area (Å²) in [6.07, 6.45) is 0. The standard InChI is InChI=1S/C26H29N3O4/c1-3-29(23-10-5-4-6-11-23)26(31)20-8-7-9-22(18-20)27-19-25(30)28-21-12-14-24(15-13-21)33-17-16-32-2/h4-15,18,27H,3,16-17,19H2,1-2H3,(H,28,30). The van der Waals surface area contributed by atoms with Crippen LogP contribution < -0.4 is 20.3 Å². The molecule has 33 heavy (non-hydrogen) atoms. The maximum absolute atomic E-state index is 13.0. The largest absolute Gasteiger partial charge is 0.491 e. The van der Waals surface area contributed by atoms with Gasteiger partial charge < -0.3 is 25.0 Å². The molecule has 0 aromatic heterocycles. The van der Waals surface area contributed by atoms with Crippen molar-refractivity contribution in [1.29, 1.82) is 0 Å². The van der Waals surface area contributed by atoms with Crippen LogP contribution in [0.4, 0.5) is 17.1 Å². The van der Waals surface area contributed by atoms with E-state index in [4.69, 9.17) is 9.47 Å². The van der Waals surface area contributed by atoms with Crippen LogP contribution in [0.2, 0.25) is 0 Å². The first-order valence-electron chi connectivity index (χ1n) is 10.8. The molecule has 3 rings (SSSR count). The lowest BCUT2D eigenvalue weighted by molar-refractivity contribution is -0.114. The molecule has 0 heterocycles. The quantitative estimate of drug-likeness (QED) is 0.425. The van der Waals surface area contributed by atoms with E-state index in [-0.39, 0.29) is 18.4 Å². The number of hydrogen-bond donors (Lipinski definition) is 2. The molecule has 3 aromatic rings. The Balaban J connectivity index is 1.55. The van der Waals surface area contributed by atoms with Gasteiger partial charge in [-0.15, -0.1) is 0 Å². The average molecular weight is 448 g/mol. The number of rotatable bonds is 11. The highest BCUT2D eigenvalue weighted by molar-refractivity contribution is 6.06. The van der Waals surface area contributed by atoms with Crippen molar-refractivity contribution in [1.82, 2.24) is 0 Å². The van der Waals surface area contributed by atoms with Crippen molar-refractivity contribution >= 4 is 28.9 Å². The molecule has 0 bridgehead atoms. The molecule has 0 atom stereocenters. The summed E-state index contributed by atoms with van der Waals surface area (Å²) in [6, 6.07) is 23.9. The van der Waals surface area contributed by atoms with E-state index in [0.717, 1.165) is 5.69 Å². The molecule has 2 amide bonds. The van der Waals surface area contributed by atoms with Crippen molar-refractivity contribution < 1.29 is 19.1 Å². The van der Waals surface area contributed by atoms with Gasteiger partial charge in [-0.05, 0) is 61.5 Å². The van der Waals surface area contributed by atoms with Gasteiger partial charge in [0.25, 0.3) is 5.91 Å². The molecule has 0 radical (unpaired) electrons. The molecule has 0 saturated carbocycles. The van der Waals surface area contributed by atoms with Crippen molar-refractivity contribution in [2.75, 3.05) is 48.9 Å². The fourth-order valence-corrected chi connectivity index (χ4v) is 3.23. The van der Waals surface area contributed by atoms with Gasteiger partial charge in [-0.3, -0.25) is 9.59 Å². The summed E-state index contributed by atoms with van der Waals surface area (Å²) in [5, 5.41) is 5.92. The normalized spacial score (nSPS) is 10.4. The highest BCUT2D eigenvalue weighted by Crippen LogP contribution is 2.19. The lowest BCUT2D eigenvalue weighted by Crippen LogP contribution is -2.30. The molecule has 172 valence electrons. The average Bonchev–Trinajstić information content (AvgIpc) is 2.85. The highest BCUT2D eigenvalue weighted by atomic mass is 16.5. The Labute approximate surface area is 194 Å². The summed E-state index contributed by atoms with van der Waals surface area (Å²) in [5.74, 6) is 0.421. The molecule has 7 nitrogen and oxygen atoms in total. The number of anilines is 3. The molecule has 0 saturated heterocycles. The summed E-state index contributed by atoms with van der Waals surface area (Å²) in [4.78, 5) is 27.1. The van der Waals surface area contributed by atoms with Gasteiger partial charge in [-0.2, -0.15) is 0 Å². The number of ether oxygens (including phenoxy) is 2. The molecule has 0 aliphatic carbocycles. The highest BCUT2D eigenvalue weighted by Gasteiger charge is 2.16. The second-order valence-corrected chi connectivity index (χ2v) is 7.23. The number of carbonyl (C=O) groups is 2. The zero-order chi connectivity index (χ0) is 23.5. The number of methoxy groups -OCH3 is 1. The number of amides is 2. The Hall–Kier alpha value is -3.84. The first kappa shape index (κ1) is 23.8. The number of nitrogens with one attached hydrogen (secondary N) is 2. The molecule has 2 N–H and O–H groups in total. The molecule has 0 unspecified atom stereocenters. The van der Waals surface area contributed by atoms with Crippen molar-refractivity contribution in [2.45, 2.75) is 6.92 Å². The monoisotopic (exact) mass is 447 g/mol. The smallest absolute Gasteiger partial charge is 0.258 e. The van der Waals surface area contributed by atoms with Crippen LogP contribution in [0.25, 0.3) is 0 Å². The molecule has 0 fully saturated rings. The van der Waals surface area contributed by atoms with Crippen molar-refractivity contribution in [3.05, 3.63) is 84.4 Å². The lowest BCUT2D eigenvalue weighted by Gasteiger charge is -2.21. The van der Waals surface area contributed by atoms with Gasteiger partial charge in [0.2, 0.25) is 5.91 Å². The second-order valence-electron chi connectivity index (χ2n) is 7.23. The Morgan fingerprint density at radius 1 is 0.879 bits per heavy atom. The molecule has 7 heteroatoms. The van der Waals surface area contributed by atoms with E-state index < -0.39 is 0 Å². The van der Waals surface area contributed by atoms with E-state index in [1.54, 1.807) is 54.5 Å². The minimum atomic E-state index is -0.195. The van der Waals surface area contributed by atoms with Crippen LogP contribution >= 0.6 is 0 Å². The molecular weight excluding hydrogens is 418 g/mol. The number of para-hydroxylation sites is 1. The third-order valence-corrected chi connectivity index (χ3v) is 4.89. The van der Waals surface area contributed by atoms with Crippen LogP contribution in [0.15, 0.2) is 78.9 Å². The minimum Gasteiger partial charge on any atom is -0.491 e. The Morgan fingerprint density at radius 2 is 1.64 bits per heavy atom. The molecule has 0 spiro atoms. The van der Waals surface area contributed by atoms with Gasteiger partial charge in [-0.1, -0.05) is 24.3 Å². The SMILES string of the molecule is CCN(C(=O)c1cccc(NCC(=O)Nc2ccc(OCCOC)cc2)c1)c1ccccc1. The van der Waals surface area contributed by atoms with E-state index in [1.165, 1.54) is 0 Å². The number of carbonyl (C=O) groups excluding carboxylic acids is 2. The molecule has 3 aromatic carbocycles. The van der Waals surface area contributed by atoms with Crippen LogP contribution in [-0.4, -0.2) is 45.2 Å². The van der Waals surface area contributed by atoms with E-state index in [1.807, 2.05) is 43.3 Å². The maximum atomic E-state index is 13.0. The van der Waals surface area contributed by atoms with E-state index in [2.05, 4.69) is 10.6 Å². The predicted molar refractivity (Wildman–Crippen MR) is 131 cm³/mol. The summed E-state index contributed by atoms with van der Waals surface area (Å²) >= 11 is 0. The topological polar surface area (TPSA) is 79.9 Å².